The second-order valence-corrected chi connectivity index (χ2v) is 6.47. The number of ether oxygens (including phenoxy) is 1. The monoisotopic (exact) mass is 308 g/mol. The van der Waals surface area contributed by atoms with Gasteiger partial charge >= 0.3 is 0 Å². The summed E-state index contributed by atoms with van der Waals surface area (Å²) in [6.45, 7) is 12.2. The number of nitrogens with zero attached hydrogens (tertiary/aromatic N) is 1. The number of carbonyl (C=O) groups excluding carboxylic acids is 1. The minimum absolute atomic E-state index is 0.0450. The fourth-order valence-corrected chi connectivity index (χ4v) is 3.01. The van der Waals surface area contributed by atoms with E-state index in [-0.39, 0.29) is 5.91 Å². The molecule has 1 fully saturated rings. The van der Waals surface area contributed by atoms with Crippen LogP contribution in [-0.4, -0.2) is 49.7 Å². The lowest BCUT2D eigenvalue weighted by atomic mass is 10.0. The topological polar surface area (TPSA) is 54.7 Å². The molecule has 1 amide bonds. The predicted octanol–water partition coefficient (Wildman–Crippen LogP) is 2.37. The minimum Gasteiger partial charge on any atom is -0.466 e. The van der Waals surface area contributed by atoms with Gasteiger partial charge in [-0.2, -0.15) is 0 Å². The molecule has 1 aliphatic heterocycles. The molecule has 0 aromatic carbocycles. The Morgan fingerprint density at radius 1 is 1.32 bits per heavy atom. The average Bonchev–Trinajstić information content (AvgIpc) is 2.82. The average molecular weight is 308 g/mol. The molecule has 1 aliphatic rings. The van der Waals surface area contributed by atoms with Crippen LogP contribution in [0.15, 0.2) is 10.5 Å². The number of amides is 1. The van der Waals surface area contributed by atoms with Crippen molar-refractivity contribution in [2.45, 2.75) is 40.2 Å². The van der Waals surface area contributed by atoms with Gasteiger partial charge in [0.2, 0.25) is 0 Å². The highest BCUT2D eigenvalue weighted by molar-refractivity contribution is 5.95. The van der Waals surface area contributed by atoms with Crippen LogP contribution in [0.25, 0.3) is 0 Å². The third-order valence-corrected chi connectivity index (χ3v) is 4.09. The van der Waals surface area contributed by atoms with Gasteiger partial charge in [-0.05, 0) is 32.3 Å². The quantitative estimate of drug-likeness (QED) is 0.876. The lowest BCUT2D eigenvalue weighted by molar-refractivity contribution is 0.0124. The molecule has 1 saturated heterocycles. The van der Waals surface area contributed by atoms with Gasteiger partial charge in [-0.15, -0.1) is 0 Å². The third kappa shape index (κ3) is 4.58. The zero-order valence-corrected chi connectivity index (χ0v) is 14.1. The molecule has 0 unspecified atom stereocenters. The predicted molar refractivity (Wildman–Crippen MR) is 86.2 cm³/mol. The van der Waals surface area contributed by atoms with Gasteiger partial charge in [-0.3, -0.25) is 9.69 Å². The van der Waals surface area contributed by atoms with Crippen LogP contribution in [0.2, 0.25) is 0 Å². The molecule has 2 rings (SSSR count). The summed E-state index contributed by atoms with van der Waals surface area (Å²) in [5, 5.41) is 3.07. The Hall–Kier alpha value is -1.33. The van der Waals surface area contributed by atoms with E-state index in [0.717, 1.165) is 38.5 Å². The van der Waals surface area contributed by atoms with E-state index in [1.165, 1.54) is 0 Å². The Balaban J connectivity index is 1.95. The largest absolute Gasteiger partial charge is 0.466 e. The summed E-state index contributed by atoms with van der Waals surface area (Å²) in [6.07, 6.45) is 1.07. The summed E-state index contributed by atoms with van der Waals surface area (Å²) in [7, 11) is 0. The van der Waals surface area contributed by atoms with Crippen molar-refractivity contribution in [2.24, 2.45) is 5.92 Å². The van der Waals surface area contributed by atoms with Gasteiger partial charge in [0.05, 0.1) is 18.8 Å². The smallest absolute Gasteiger partial charge is 0.254 e. The van der Waals surface area contributed by atoms with Crippen LogP contribution in [-0.2, 0) is 4.74 Å². The Labute approximate surface area is 133 Å². The second-order valence-electron chi connectivity index (χ2n) is 6.47. The number of furan rings is 1. The number of hydrogen-bond acceptors (Lipinski definition) is 4. The highest BCUT2D eigenvalue weighted by Crippen LogP contribution is 2.15. The molecule has 0 bridgehead atoms. The van der Waals surface area contributed by atoms with Gasteiger partial charge in [0, 0.05) is 25.7 Å². The SMILES string of the molecule is Cc1cc(C(=O)NC[C@@H](CC(C)C)N2CCOCC2)c(C)o1. The molecule has 22 heavy (non-hydrogen) atoms. The number of carbonyl (C=O) groups is 1. The number of hydrogen-bond donors (Lipinski definition) is 1. The Kier molecular flexibility index (Phi) is 6.03. The van der Waals surface area contributed by atoms with Gasteiger partial charge in [0.15, 0.2) is 0 Å². The van der Waals surface area contributed by atoms with Crippen LogP contribution in [0.1, 0.15) is 42.1 Å². The van der Waals surface area contributed by atoms with Crippen molar-refractivity contribution in [2.75, 3.05) is 32.8 Å². The molecule has 2 heterocycles. The van der Waals surface area contributed by atoms with Crippen molar-refractivity contribution in [3.8, 4) is 0 Å². The van der Waals surface area contributed by atoms with E-state index in [2.05, 4.69) is 24.1 Å². The third-order valence-electron chi connectivity index (χ3n) is 4.09. The van der Waals surface area contributed by atoms with Crippen molar-refractivity contribution >= 4 is 5.91 Å². The van der Waals surface area contributed by atoms with E-state index >= 15 is 0 Å². The Morgan fingerprint density at radius 3 is 2.55 bits per heavy atom. The first kappa shape index (κ1) is 17.0. The molecule has 1 atom stereocenters. The lowest BCUT2D eigenvalue weighted by Gasteiger charge is -2.35. The summed E-state index contributed by atoms with van der Waals surface area (Å²) in [5.74, 6) is 2.01. The standard InChI is InChI=1S/C17H28N2O3/c1-12(2)9-15(19-5-7-21-8-6-19)11-18-17(20)16-10-13(3)22-14(16)4/h10,12,15H,5-9,11H2,1-4H3,(H,18,20)/t15-/m1/s1. The fourth-order valence-electron chi connectivity index (χ4n) is 3.01. The lowest BCUT2D eigenvalue weighted by Crippen LogP contribution is -2.49. The first-order valence-corrected chi connectivity index (χ1v) is 8.14. The minimum atomic E-state index is -0.0450. The van der Waals surface area contributed by atoms with E-state index in [1.807, 2.05) is 13.8 Å². The normalized spacial score (nSPS) is 17.7. The first-order valence-electron chi connectivity index (χ1n) is 8.14. The van der Waals surface area contributed by atoms with Crippen LogP contribution in [0, 0.1) is 19.8 Å². The molecule has 1 aromatic rings. The fraction of sp³-hybridized carbons (Fsp3) is 0.706. The van der Waals surface area contributed by atoms with E-state index in [9.17, 15) is 4.79 Å². The van der Waals surface area contributed by atoms with Crippen molar-refractivity contribution in [3.05, 3.63) is 23.2 Å². The Bertz CT molecular complexity index is 490. The molecule has 0 spiro atoms. The summed E-state index contributed by atoms with van der Waals surface area (Å²) >= 11 is 0. The van der Waals surface area contributed by atoms with Gasteiger partial charge < -0.3 is 14.5 Å². The summed E-state index contributed by atoms with van der Waals surface area (Å²) in [6, 6.07) is 2.16. The highest BCUT2D eigenvalue weighted by atomic mass is 16.5. The zero-order valence-electron chi connectivity index (χ0n) is 14.1. The molecule has 1 aromatic heterocycles. The first-order chi connectivity index (χ1) is 10.5. The van der Waals surface area contributed by atoms with Crippen molar-refractivity contribution < 1.29 is 13.9 Å². The van der Waals surface area contributed by atoms with Crippen LogP contribution >= 0.6 is 0 Å². The number of aryl methyl sites for hydroxylation is 2. The molecule has 5 nitrogen and oxygen atoms in total. The van der Waals surface area contributed by atoms with Crippen LogP contribution in [0.4, 0.5) is 0 Å². The van der Waals surface area contributed by atoms with Crippen molar-refractivity contribution in [1.29, 1.82) is 0 Å². The van der Waals surface area contributed by atoms with Crippen molar-refractivity contribution in [1.82, 2.24) is 10.2 Å². The maximum Gasteiger partial charge on any atom is 0.254 e. The maximum atomic E-state index is 12.3. The van der Waals surface area contributed by atoms with Gasteiger partial charge in [-0.25, -0.2) is 0 Å². The van der Waals surface area contributed by atoms with E-state index < -0.39 is 0 Å². The summed E-state index contributed by atoms with van der Waals surface area (Å²) in [5.41, 5.74) is 0.641. The summed E-state index contributed by atoms with van der Waals surface area (Å²) < 4.78 is 10.9. The number of rotatable bonds is 6. The highest BCUT2D eigenvalue weighted by Gasteiger charge is 2.23. The van der Waals surface area contributed by atoms with E-state index in [0.29, 0.717) is 29.8 Å². The molecule has 124 valence electrons. The van der Waals surface area contributed by atoms with Gasteiger partial charge in [0.25, 0.3) is 5.91 Å². The molecular weight excluding hydrogens is 280 g/mol. The number of nitrogens with one attached hydrogen (secondary N) is 1. The van der Waals surface area contributed by atoms with Crippen LogP contribution < -0.4 is 5.32 Å². The van der Waals surface area contributed by atoms with E-state index in [1.54, 1.807) is 6.07 Å². The molecule has 0 saturated carbocycles. The van der Waals surface area contributed by atoms with E-state index in [4.69, 9.17) is 9.15 Å². The molecule has 0 radical (unpaired) electrons. The molecular formula is C17H28N2O3. The number of morpholine rings is 1. The van der Waals surface area contributed by atoms with Crippen LogP contribution in [0.5, 0.6) is 0 Å². The summed E-state index contributed by atoms with van der Waals surface area (Å²) in [4.78, 5) is 14.8. The van der Waals surface area contributed by atoms with Gasteiger partial charge in [-0.1, -0.05) is 13.8 Å². The van der Waals surface area contributed by atoms with Gasteiger partial charge in [0.1, 0.15) is 11.5 Å². The van der Waals surface area contributed by atoms with Crippen molar-refractivity contribution in [3.63, 3.8) is 0 Å². The zero-order chi connectivity index (χ0) is 16.1. The molecule has 5 heteroatoms. The van der Waals surface area contributed by atoms with Crippen LogP contribution in [0.3, 0.4) is 0 Å². The maximum absolute atomic E-state index is 12.3. The Morgan fingerprint density at radius 2 is 2.00 bits per heavy atom. The molecule has 1 N–H and O–H groups in total. The second kappa shape index (κ2) is 7.79. The molecule has 0 aliphatic carbocycles.